The molecule has 5 heteroatoms. The number of hydrogen-bond acceptors (Lipinski definition) is 4. The van der Waals surface area contributed by atoms with E-state index in [-0.39, 0.29) is 18.6 Å². The highest BCUT2D eigenvalue weighted by molar-refractivity contribution is 5.76. The maximum Gasteiger partial charge on any atom is 0.222 e. The molecule has 0 heterocycles. The Morgan fingerprint density at radius 2 is 2.06 bits per heavy atom. The Labute approximate surface area is 112 Å². The van der Waals surface area contributed by atoms with E-state index in [1.54, 1.807) is 4.90 Å². The molecule has 0 aromatic carbocycles. The van der Waals surface area contributed by atoms with Gasteiger partial charge < -0.3 is 21.1 Å². The molecule has 0 aromatic heterocycles. The molecule has 1 unspecified atom stereocenters. The fourth-order valence-electron chi connectivity index (χ4n) is 1.51. The largest absolute Gasteiger partial charge is 0.395 e. The van der Waals surface area contributed by atoms with Gasteiger partial charge in [-0.1, -0.05) is 20.8 Å². The highest BCUT2D eigenvalue weighted by atomic mass is 16.3. The van der Waals surface area contributed by atoms with Crippen LogP contribution in [0.15, 0.2) is 0 Å². The van der Waals surface area contributed by atoms with Crippen molar-refractivity contribution in [1.29, 1.82) is 0 Å². The lowest BCUT2D eigenvalue weighted by Gasteiger charge is -2.27. The summed E-state index contributed by atoms with van der Waals surface area (Å²) in [7, 11) is 0. The van der Waals surface area contributed by atoms with E-state index in [0.717, 1.165) is 19.5 Å². The predicted octanol–water partition coefficient (Wildman–Crippen LogP) is 0.570. The number of aliphatic hydroxyl groups excluding tert-OH is 1. The number of nitrogens with zero attached hydrogens (tertiary/aromatic N) is 1. The highest BCUT2D eigenvalue weighted by Crippen LogP contribution is 2.02. The van der Waals surface area contributed by atoms with E-state index in [1.807, 2.05) is 27.7 Å². The van der Waals surface area contributed by atoms with Crippen LogP contribution in [-0.4, -0.2) is 54.7 Å². The fourth-order valence-corrected chi connectivity index (χ4v) is 1.51. The molecule has 1 atom stereocenters. The lowest BCUT2D eigenvalue weighted by Crippen LogP contribution is -2.44. The van der Waals surface area contributed by atoms with Gasteiger partial charge in [0.15, 0.2) is 0 Å². The summed E-state index contributed by atoms with van der Waals surface area (Å²) in [5, 5.41) is 12.1. The average molecular weight is 261 g/mol. The molecule has 0 aliphatic rings. The lowest BCUT2D eigenvalue weighted by atomic mass is 10.2. The van der Waals surface area contributed by atoms with Gasteiger partial charge in [0.05, 0.1) is 6.61 Å². The van der Waals surface area contributed by atoms with E-state index in [9.17, 15) is 4.79 Å². The number of hydrogen-bond donors (Lipinski definition) is 3. The fraction of sp³-hybridized carbons (Fsp3) is 0.923. The third-order valence-electron chi connectivity index (χ3n) is 2.53. The minimum Gasteiger partial charge on any atom is -0.395 e. The molecule has 0 saturated heterocycles. The van der Waals surface area contributed by atoms with Crippen LogP contribution in [0.25, 0.3) is 0 Å². The number of rotatable bonds is 9. The maximum absolute atomic E-state index is 11.8. The van der Waals surface area contributed by atoms with Crippen molar-refractivity contribution in [2.45, 2.75) is 46.6 Å². The van der Waals surface area contributed by atoms with Gasteiger partial charge in [-0.3, -0.25) is 4.79 Å². The molecule has 0 aliphatic carbocycles. The molecule has 0 fully saturated rings. The summed E-state index contributed by atoms with van der Waals surface area (Å²) in [4.78, 5) is 13.5. The number of nitrogens with one attached hydrogen (secondary N) is 1. The first-order valence-corrected chi connectivity index (χ1v) is 6.98. The quantitative estimate of drug-likeness (QED) is 0.530. The van der Waals surface area contributed by atoms with Gasteiger partial charge in [0.25, 0.3) is 0 Å². The summed E-state index contributed by atoms with van der Waals surface area (Å²) in [6.45, 7) is 10.5. The number of nitrogens with two attached hydrogens (primary N) is 1. The number of amides is 1. The first-order chi connectivity index (χ1) is 8.67. The van der Waals surface area contributed by atoms with Crippen molar-refractivity contribution in [1.82, 2.24) is 10.2 Å². The van der Waals surface area contributed by atoms with Crippen molar-refractivity contribution in [2.75, 3.05) is 32.8 Å². The topological polar surface area (TPSA) is 78.6 Å². The molecule has 0 saturated carbocycles. The molecule has 4 N–H and O–H groups in total. The van der Waals surface area contributed by atoms with Crippen LogP contribution in [-0.2, 0) is 4.79 Å². The van der Waals surface area contributed by atoms with Crippen LogP contribution in [0, 0.1) is 0 Å². The van der Waals surface area contributed by atoms with Crippen LogP contribution in [0.1, 0.15) is 40.5 Å². The first-order valence-electron chi connectivity index (χ1n) is 6.98. The summed E-state index contributed by atoms with van der Waals surface area (Å²) in [6, 6.07) is -0.00113. The predicted molar refractivity (Wildman–Crippen MR) is 76.4 cm³/mol. The van der Waals surface area contributed by atoms with Crippen molar-refractivity contribution in [3.05, 3.63) is 0 Å². The Balaban J connectivity index is 0. The summed E-state index contributed by atoms with van der Waals surface area (Å²) in [6.07, 6.45) is 1.34. The smallest absolute Gasteiger partial charge is 0.222 e. The van der Waals surface area contributed by atoms with Crippen molar-refractivity contribution in [2.24, 2.45) is 5.73 Å². The third kappa shape index (κ3) is 9.39. The van der Waals surface area contributed by atoms with E-state index in [4.69, 9.17) is 10.8 Å². The molecule has 1 amide bonds. The molecular weight excluding hydrogens is 230 g/mol. The molecule has 0 spiro atoms. The second-order valence-corrected chi connectivity index (χ2v) is 3.85. The molecule has 0 bridgehead atoms. The lowest BCUT2D eigenvalue weighted by molar-refractivity contribution is -0.133. The Bertz CT molecular complexity index is 189. The number of aliphatic hydroxyl groups is 1. The van der Waals surface area contributed by atoms with Crippen molar-refractivity contribution in [3.8, 4) is 0 Å². The van der Waals surface area contributed by atoms with Crippen LogP contribution >= 0.6 is 0 Å². The Kier molecular flexibility index (Phi) is 15.8. The van der Waals surface area contributed by atoms with Gasteiger partial charge in [-0.15, -0.1) is 0 Å². The van der Waals surface area contributed by atoms with Crippen molar-refractivity contribution in [3.63, 3.8) is 0 Å². The summed E-state index contributed by atoms with van der Waals surface area (Å²) in [5.41, 5.74) is 5.53. The molecular formula is C13H31N3O2. The van der Waals surface area contributed by atoms with Gasteiger partial charge in [-0.05, 0) is 26.4 Å². The standard InChI is InChI=1S/C11H25N3O2.C2H6/c1-3-13-6-4-5-11(16)14(7-8-15)10(2)9-12;1-2/h10,13,15H,3-9,12H2,1-2H3;1-2H3. The summed E-state index contributed by atoms with van der Waals surface area (Å²) in [5.74, 6) is 0.0740. The van der Waals surface area contributed by atoms with Gasteiger partial charge in [-0.25, -0.2) is 0 Å². The third-order valence-corrected chi connectivity index (χ3v) is 2.53. The van der Waals surface area contributed by atoms with Crippen LogP contribution < -0.4 is 11.1 Å². The summed E-state index contributed by atoms with van der Waals surface area (Å²) < 4.78 is 0. The van der Waals surface area contributed by atoms with E-state index >= 15 is 0 Å². The molecule has 5 nitrogen and oxygen atoms in total. The zero-order valence-corrected chi connectivity index (χ0v) is 12.4. The Hall–Kier alpha value is -0.650. The molecule has 0 rings (SSSR count). The monoisotopic (exact) mass is 261 g/mol. The zero-order valence-electron chi connectivity index (χ0n) is 12.4. The van der Waals surface area contributed by atoms with Crippen molar-refractivity contribution < 1.29 is 9.90 Å². The van der Waals surface area contributed by atoms with Crippen molar-refractivity contribution >= 4 is 5.91 Å². The van der Waals surface area contributed by atoms with E-state index in [1.165, 1.54) is 0 Å². The Morgan fingerprint density at radius 3 is 2.50 bits per heavy atom. The molecule has 0 aromatic rings. The van der Waals surface area contributed by atoms with Gasteiger partial charge in [-0.2, -0.15) is 0 Å². The zero-order chi connectivity index (χ0) is 14.4. The number of carbonyl (C=O) groups excluding carboxylic acids is 1. The molecule has 110 valence electrons. The van der Waals surface area contributed by atoms with Gasteiger partial charge in [0.1, 0.15) is 0 Å². The van der Waals surface area contributed by atoms with Gasteiger partial charge >= 0.3 is 0 Å². The number of carbonyl (C=O) groups is 1. The molecule has 0 aliphatic heterocycles. The molecule has 18 heavy (non-hydrogen) atoms. The van der Waals surface area contributed by atoms with E-state index in [2.05, 4.69) is 5.32 Å². The minimum atomic E-state index is -0.0106. The Morgan fingerprint density at radius 1 is 1.44 bits per heavy atom. The van der Waals surface area contributed by atoms with Crippen LogP contribution in [0.4, 0.5) is 0 Å². The maximum atomic E-state index is 11.8. The SMILES string of the molecule is CC.CCNCCCC(=O)N(CCO)C(C)CN. The van der Waals surface area contributed by atoms with Crippen LogP contribution in [0.2, 0.25) is 0 Å². The van der Waals surface area contributed by atoms with E-state index < -0.39 is 0 Å². The second kappa shape index (κ2) is 14.4. The van der Waals surface area contributed by atoms with Crippen LogP contribution in [0.5, 0.6) is 0 Å². The van der Waals surface area contributed by atoms with Gasteiger partial charge in [0.2, 0.25) is 5.91 Å². The second-order valence-electron chi connectivity index (χ2n) is 3.85. The highest BCUT2D eigenvalue weighted by Gasteiger charge is 2.17. The summed E-state index contributed by atoms with van der Waals surface area (Å²) >= 11 is 0. The van der Waals surface area contributed by atoms with E-state index in [0.29, 0.717) is 19.5 Å². The van der Waals surface area contributed by atoms with Crippen LogP contribution in [0.3, 0.4) is 0 Å². The normalized spacial score (nSPS) is 11.4. The average Bonchev–Trinajstić information content (AvgIpc) is 2.42. The van der Waals surface area contributed by atoms with Gasteiger partial charge in [0, 0.05) is 25.6 Å². The minimum absolute atomic E-state index is 0.00113. The molecule has 0 radical (unpaired) electrons. The first kappa shape index (κ1) is 19.7.